The summed E-state index contributed by atoms with van der Waals surface area (Å²) in [6, 6.07) is 0.828. The maximum Gasteiger partial charge on any atom is 0.237 e. The van der Waals surface area contributed by atoms with Gasteiger partial charge in [-0.1, -0.05) is 18.0 Å². The molecule has 0 spiro atoms. The van der Waals surface area contributed by atoms with Crippen LogP contribution >= 0.6 is 0 Å². The molecule has 6 N–H and O–H groups in total. The van der Waals surface area contributed by atoms with Gasteiger partial charge in [-0.25, -0.2) is 0 Å². The van der Waals surface area contributed by atoms with E-state index in [1.165, 1.54) is 38.5 Å². The van der Waals surface area contributed by atoms with Crippen molar-refractivity contribution in [3.63, 3.8) is 0 Å². The Morgan fingerprint density at radius 1 is 1.00 bits per heavy atom. The maximum absolute atomic E-state index is 13.7. The number of nitrogens with zero attached hydrogens (tertiary/aromatic N) is 2. The SMILES string of the molecule is COC1CCC2C(CCCC2CN2C(C(=O)NC3CCC(N)CC3)CC3CCC(/C(N)=N\O)CC32)C1. The Morgan fingerprint density at radius 2 is 1.81 bits per heavy atom. The third-order valence-corrected chi connectivity index (χ3v) is 10.8. The Labute approximate surface area is 216 Å². The van der Waals surface area contributed by atoms with E-state index in [-0.39, 0.29) is 30.0 Å². The second-order valence-corrected chi connectivity index (χ2v) is 12.7. The van der Waals surface area contributed by atoms with Crippen molar-refractivity contribution >= 4 is 11.7 Å². The summed E-state index contributed by atoms with van der Waals surface area (Å²) in [5, 5.41) is 16.1. The molecule has 5 fully saturated rings. The summed E-state index contributed by atoms with van der Waals surface area (Å²) in [5.74, 6) is 3.36. The summed E-state index contributed by atoms with van der Waals surface area (Å²) in [7, 11) is 1.86. The van der Waals surface area contributed by atoms with E-state index in [1.807, 2.05) is 7.11 Å². The normalized spacial score (nSPS) is 44.0. The highest BCUT2D eigenvalue weighted by Crippen LogP contribution is 2.48. The lowest BCUT2D eigenvalue weighted by atomic mass is 9.64. The fourth-order valence-corrected chi connectivity index (χ4v) is 8.74. The molecule has 4 saturated carbocycles. The van der Waals surface area contributed by atoms with Crippen LogP contribution in [0.5, 0.6) is 0 Å². The highest BCUT2D eigenvalue weighted by Gasteiger charge is 2.49. The minimum atomic E-state index is -0.0580. The molecular weight excluding hydrogens is 454 g/mol. The van der Waals surface area contributed by atoms with Crippen LogP contribution in [0.25, 0.3) is 0 Å². The molecule has 0 aromatic heterocycles. The molecule has 36 heavy (non-hydrogen) atoms. The van der Waals surface area contributed by atoms with Crippen LogP contribution in [0.15, 0.2) is 5.16 Å². The van der Waals surface area contributed by atoms with Gasteiger partial charge in [0.2, 0.25) is 5.91 Å². The van der Waals surface area contributed by atoms with Gasteiger partial charge >= 0.3 is 0 Å². The Morgan fingerprint density at radius 3 is 2.56 bits per heavy atom. The maximum atomic E-state index is 13.7. The van der Waals surface area contributed by atoms with Crippen LogP contribution in [0.4, 0.5) is 0 Å². The van der Waals surface area contributed by atoms with Crippen molar-refractivity contribution in [1.29, 1.82) is 0 Å². The number of amides is 1. The topological polar surface area (TPSA) is 126 Å². The van der Waals surface area contributed by atoms with Gasteiger partial charge in [0.15, 0.2) is 0 Å². The van der Waals surface area contributed by atoms with Gasteiger partial charge in [-0.05, 0) is 101 Å². The molecule has 4 aliphatic carbocycles. The fourth-order valence-electron chi connectivity index (χ4n) is 8.74. The van der Waals surface area contributed by atoms with E-state index in [0.717, 1.165) is 69.7 Å². The van der Waals surface area contributed by atoms with E-state index in [0.29, 0.717) is 29.8 Å². The van der Waals surface area contributed by atoms with Crippen LogP contribution in [-0.2, 0) is 9.53 Å². The summed E-state index contributed by atoms with van der Waals surface area (Å²) < 4.78 is 5.74. The zero-order valence-electron chi connectivity index (χ0n) is 22.2. The monoisotopic (exact) mass is 503 g/mol. The molecule has 0 radical (unpaired) electrons. The molecule has 5 aliphatic rings. The predicted octanol–water partition coefficient (Wildman–Crippen LogP) is 3.21. The van der Waals surface area contributed by atoms with Crippen LogP contribution in [0, 0.1) is 29.6 Å². The number of carbonyl (C=O) groups excluding carboxylic acids is 1. The van der Waals surface area contributed by atoms with Crippen molar-refractivity contribution in [1.82, 2.24) is 10.2 Å². The molecule has 1 aliphatic heterocycles. The van der Waals surface area contributed by atoms with Crippen LogP contribution in [0.3, 0.4) is 0 Å². The lowest BCUT2D eigenvalue weighted by molar-refractivity contribution is -0.127. The van der Waals surface area contributed by atoms with Gasteiger partial charge in [-0.2, -0.15) is 0 Å². The van der Waals surface area contributed by atoms with E-state index in [4.69, 9.17) is 16.2 Å². The van der Waals surface area contributed by atoms with Gasteiger partial charge in [0.25, 0.3) is 0 Å². The standard InChI is InChI=1S/C28H49N5O3/c1-36-23-11-12-24-17(13-23)3-2-4-20(24)16-33-25-15-19(27(30)32-35)6-5-18(25)14-26(33)28(34)31-22-9-7-21(29)8-10-22/h17-26,35H,2-16,29H2,1H3,(H2,30,32)(H,31,34). The quantitative estimate of drug-likeness (QED) is 0.191. The Kier molecular flexibility index (Phi) is 8.43. The number of fused-ring (bicyclic) bond motifs is 2. The molecule has 1 amide bonds. The number of nitrogens with one attached hydrogen (secondary N) is 1. The number of oxime groups is 1. The molecule has 0 aromatic rings. The van der Waals surface area contributed by atoms with Gasteiger partial charge in [-0.3, -0.25) is 9.69 Å². The molecular formula is C28H49N5O3. The Balaban J connectivity index is 1.32. The van der Waals surface area contributed by atoms with Crippen LogP contribution in [-0.4, -0.2) is 65.8 Å². The molecule has 0 aromatic carbocycles. The molecule has 1 saturated heterocycles. The largest absolute Gasteiger partial charge is 0.409 e. The van der Waals surface area contributed by atoms with Gasteiger partial charge in [-0.15, -0.1) is 0 Å². The van der Waals surface area contributed by atoms with Crippen LogP contribution < -0.4 is 16.8 Å². The van der Waals surface area contributed by atoms with Crippen molar-refractivity contribution in [3.8, 4) is 0 Å². The second kappa shape index (κ2) is 11.6. The zero-order chi connectivity index (χ0) is 25.2. The molecule has 5 rings (SSSR count). The molecule has 8 heteroatoms. The lowest BCUT2D eigenvalue weighted by Crippen LogP contribution is -2.53. The molecule has 204 valence electrons. The number of nitrogens with two attached hydrogens (primary N) is 2. The van der Waals surface area contributed by atoms with E-state index in [2.05, 4.69) is 15.4 Å². The third kappa shape index (κ3) is 5.56. The highest BCUT2D eigenvalue weighted by atomic mass is 16.5. The van der Waals surface area contributed by atoms with E-state index < -0.39 is 0 Å². The number of ether oxygens (including phenoxy) is 1. The minimum Gasteiger partial charge on any atom is -0.409 e. The molecule has 1 heterocycles. The number of hydrogen-bond acceptors (Lipinski definition) is 6. The first-order valence-corrected chi connectivity index (χ1v) is 14.8. The lowest BCUT2D eigenvalue weighted by Gasteiger charge is -2.46. The first kappa shape index (κ1) is 26.2. The fraction of sp³-hybridized carbons (Fsp3) is 0.929. The summed E-state index contributed by atoms with van der Waals surface area (Å²) in [4.78, 5) is 16.3. The number of methoxy groups -OCH3 is 1. The molecule has 8 nitrogen and oxygen atoms in total. The number of rotatable bonds is 6. The Hall–Kier alpha value is -1.38. The van der Waals surface area contributed by atoms with Crippen LogP contribution in [0.1, 0.15) is 89.9 Å². The summed E-state index contributed by atoms with van der Waals surface area (Å²) in [5.41, 5.74) is 12.2. The van der Waals surface area contributed by atoms with Crippen molar-refractivity contribution in [3.05, 3.63) is 0 Å². The smallest absolute Gasteiger partial charge is 0.237 e. The van der Waals surface area contributed by atoms with Crippen molar-refractivity contribution in [2.75, 3.05) is 13.7 Å². The average Bonchev–Trinajstić information content (AvgIpc) is 3.27. The number of hydrogen-bond donors (Lipinski definition) is 4. The average molecular weight is 504 g/mol. The van der Waals surface area contributed by atoms with Gasteiger partial charge in [0.1, 0.15) is 5.84 Å². The zero-order valence-corrected chi connectivity index (χ0v) is 22.2. The first-order chi connectivity index (χ1) is 17.5. The summed E-state index contributed by atoms with van der Waals surface area (Å²) in [6.07, 6.45) is 15.7. The van der Waals surface area contributed by atoms with E-state index in [1.54, 1.807) is 0 Å². The number of carbonyl (C=O) groups is 1. The van der Waals surface area contributed by atoms with Gasteiger partial charge in [0.05, 0.1) is 12.1 Å². The predicted molar refractivity (Wildman–Crippen MR) is 140 cm³/mol. The van der Waals surface area contributed by atoms with E-state index >= 15 is 0 Å². The van der Waals surface area contributed by atoms with Crippen molar-refractivity contribution in [2.24, 2.45) is 46.2 Å². The second-order valence-electron chi connectivity index (χ2n) is 12.7. The Bertz CT molecular complexity index is 785. The molecule has 8 unspecified atom stereocenters. The van der Waals surface area contributed by atoms with Crippen molar-refractivity contribution in [2.45, 2.75) is 120 Å². The number of amidine groups is 1. The third-order valence-electron chi connectivity index (χ3n) is 10.8. The highest BCUT2D eigenvalue weighted by molar-refractivity contribution is 5.83. The van der Waals surface area contributed by atoms with Gasteiger partial charge < -0.3 is 26.7 Å². The van der Waals surface area contributed by atoms with E-state index in [9.17, 15) is 10.0 Å². The van der Waals surface area contributed by atoms with Gasteiger partial charge in [0, 0.05) is 37.7 Å². The van der Waals surface area contributed by atoms with Crippen LogP contribution in [0.2, 0.25) is 0 Å². The summed E-state index contributed by atoms with van der Waals surface area (Å²) >= 11 is 0. The number of likely N-dealkylation sites (tertiary alicyclic amines) is 1. The molecule has 8 atom stereocenters. The minimum absolute atomic E-state index is 0.0580. The summed E-state index contributed by atoms with van der Waals surface area (Å²) in [6.45, 7) is 1.01. The van der Waals surface area contributed by atoms with Crippen molar-refractivity contribution < 1.29 is 14.7 Å². The molecule has 0 bridgehead atoms. The first-order valence-electron chi connectivity index (χ1n) is 14.8.